The van der Waals surface area contributed by atoms with Crippen LogP contribution in [0, 0.1) is 0 Å². The predicted octanol–water partition coefficient (Wildman–Crippen LogP) is -0.115. The number of rotatable bonds is 6. The van der Waals surface area contributed by atoms with Crippen LogP contribution in [-0.4, -0.2) is 69.3 Å². The Morgan fingerprint density at radius 3 is 2.12 bits per heavy atom. The first-order chi connectivity index (χ1) is 11.7. The van der Waals surface area contributed by atoms with Crippen molar-refractivity contribution in [1.82, 2.24) is 15.0 Å². The van der Waals surface area contributed by atoms with Crippen molar-refractivity contribution in [3.63, 3.8) is 0 Å². The fourth-order valence-corrected chi connectivity index (χ4v) is 3.56. The molecular formula is C11H18N6O6S2. The van der Waals surface area contributed by atoms with Crippen molar-refractivity contribution in [1.29, 1.82) is 0 Å². The number of anilines is 1. The number of carbonyl (C=O) groups excluding carboxylic acids is 1. The van der Waals surface area contributed by atoms with Gasteiger partial charge < -0.3 is 15.2 Å². The Kier molecular flexibility index (Phi) is 7.20. The molecule has 2 amide bonds. The fraction of sp³-hybridized carbons (Fsp3) is 0.455. The molecule has 0 radical (unpaired) electrons. The van der Waals surface area contributed by atoms with Crippen molar-refractivity contribution in [3.05, 3.63) is 0 Å². The van der Waals surface area contributed by atoms with Gasteiger partial charge in [0.15, 0.2) is 5.17 Å². The number of hydrogen-bond donors (Lipinski definition) is 2. The molecular weight excluding hydrogens is 376 g/mol. The van der Waals surface area contributed by atoms with E-state index in [-0.39, 0.29) is 22.9 Å². The Hall–Kier alpha value is -2.32. The molecule has 0 aromatic carbocycles. The number of methoxy groups -OCH3 is 2. The standard InChI is InChI=1S/C11H18N6O6S2/c1-17(23-4)11(24-5)16-25(19,20)6-7(21-2)13-10(15-9(12)18)14-8(6)22-3/h1-5H3,(H3,12,13,14,15,18). The van der Waals surface area contributed by atoms with E-state index >= 15 is 0 Å². The third-order valence-corrected chi connectivity index (χ3v) is 4.71. The van der Waals surface area contributed by atoms with E-state index < -0.39 is 20.9 Å². The first-order valence-electron chi connectivity index (χ1n) is 6.43. The number of nitrogens with two attached hydrogens (primary N) is 1. The zero-order valence-corrected chi connectivity index (χ0v) is 15.8. The summed E-state index contributed by atoms with van der Waals surface area (Å²) in [5.74, 6) is -1.04. The Labute approximate surface area is 148 Å². The summed E-state index contributed by atoms with van der Waals surface area (Å²) in [5.41, 5.74) is 4.99. The molecule has 1 aromatic heterocycles. The van der Waals surface area contributed by atoms with Crippen molar-refractivity contribution in [2.24, 2.45) is 10.1 Å². The van der Waals surface area contributed by atoms with E-state index in [0.29, 0.717) is 0 Å². The molecule has 1 aromatic rings. The summed E-state index contributed by atoms with van der Waals surface area (Å²) >= 11 is 1.04. The largest absolute Gasteiger partial charge is 0.480 e. The number of urea groups is 1. The van der Waals surface area contributed by atoms with Crippen molar-refractivity contribution in [2.75, 3.05) is 39.9 Å². The van der Waals surface area contributed by atoms with E-state index in [2.05, 4.69) is 19.7 Å². The van der Waals surface area contributed by atoms with Gasteiger partial charge in [0.2, 0.25) is 22.6 Å². The number of hydroxylamine groups is 2. The van der Waals surface area contributed by atoms with Crippen LogP contribution in [0.25, 0.3) is 0 Å². The lowest BCUT2D eigenvalue weighted by Crippen LogP contribution is -2.24. The lowest BCUT2D eigenvalue weighted by molar-refractivity contribution is -0.0381. The normalized spacial score (nSPS) is 11.8. The summed E-state index contributed by atoms with van der Waals surface area (Å²) in [6.45, 7) is 0. The molecule has 1 rings (SSSR count). The zero-order chi connectivity index (χ0) is 19.2. The van der Waals surface area contributed by atoms with Crippen molar-refractivity contribution < 1.29 is 27.5 Å². The van der Waals surface area contributed by atoms with E-state index in [1.807, 2.05) is 0 Å². The lowest BCUT2D eigenvalue weighted by Gasteiger charge is -2.16. The van der Waals surface area contributed by atoms with Gasteiger partial charge in [0.1, 0.15) is 0 Å². The number of amidine groups is 1. The Balaban J connectivity index is 3.58. The van der Waals surface area contributed by atoms with Crippen molar-refractivity contribution in [3.8, 4) is 11.8 Å². The molecule has 0 aliphatic rings. The molecule has 12 nitrogen and oxygen atoms in total. The molecule has 0 atom stereocenters. The van der Waals surface area contributed by atoms with Gasteiger partial charge in [0.05, 0.1) is 21.3 Å². The number of carbonyl (C=O) groups is 1. The van der Waals surface area contributed by atoms with Crippen molar-refractivity contribution >= 4 is 38.9 Å². The Morgan fingerprint density at radius 2 is 1.76 bits per heavy atom. The molecule has 1 heterocycles. The summed E-state index contributed by atoms with van der Waals surface area (Å²) in [7, 11) is 0.885. The third-order valence-electron chi connectivity index (χ3n) is 2.61. The molecule has 14 heteroatoms. The summed E-state index contributed by atoms with van der Waals surface area (Å²) in [4.78, 5) is 22.9. The van der Waals surface area contributed by atoms with Gasteiger partial charge in [-0.05, 0) is 6.26 Å². The van der Waals surface area contributed by atoms with Gasteiger partial charge in [0.25, 0.3) is 10.0 Å². The van der Waals surface area contributed by atoms with Crippen LogP contribution in [0.5, 0.6) is 11.8 Å². The molecule has 0 saturated heterocycles. The van der Waals surface area contributed by atoms with Gasteiger partial charge in [-0.15, -0.1) is 4.40 Å². The van der Waals surface area contributed by atoms with Crippen LogP contribution in [0.1, 0.15) is 0 Å². The van der Waals surface area contributed by atoms with Crippen LogP contribution in [0.3, 0.4) is 0 Å². The van der Waals surface area contributed by atoms with Gasteiger partial charge in [0, 0.05) is 7.05 Å². The van der Waals surface area contributed by atoms with Gasteiger partial charge in [-0.25, -0.2) is 9.86 Å². The average Bonchev–Trinajstić information content (AvgIpc) is 2.57. The summed E-state index contributed by atoms with van der Waals surface area (Å²) < 4.78 is 39.0. The monoisotopic (exact) mass is 394 g/mol. The first-order valence-corrected chi connectivity index (χ1v) is 9.09. The lowest BCUT2D eigenvalue weighted by atomic mass is 10.6. The highest BCUT2D eigenvalue weighted by atomic mass is 32.2. The number of hydrogen-bond acceptors (Lipinski definition) is 9. The van der Waals surface area contributed by atoms with Gasteiger partial charge >= 0.3 is 6.03 Å². The number of ether oxygens (including phenoxy) is 2. The molecule has 140 valence electrons. The van der Waals surface area contributed by atoms with Crippen LogP contribution >= 0.6 is 11.8 Å². The molecule has 3 N–H and O–H groups in total. The maximum atomic E-state index is 12.7. The summed E-state index contributed by atoms with van der Waals surface area (Å²) in [5, 5.41) is 3.31. The van der Waals surface area contributed by atoms with Gasteiger partial charge in [-0.1, -0.05) is 11.8 Å². The number of thioether (sulfide) groups is 1. The highest BCUT2D eigenvalue weighted by Gasteiger charge is 2.30. The molecule has 0 bridgehead atoms. The van der Waals surface area contributed by atoms with Crippen LogP contribution in [0.4, 0.5) is 10.7 Å². The molecule has 0 saturated carbocycles. The van der Waals surface area contributed by atoms with E-state index in [1.54, 1.807) is 6.26 Å². The SMILES string of the molecule is COc1nc(NC(N)=O)nc(OC)c1S(=O)(=O)N=C(SC)N(C)OC. The molecule has 0 unspecified atom stereocenters. The predicted molar refractivity (Wildman–Crippen MR) is 91.2 cm³/mol. The Morgan fingerprint density at radius 1 is 1.24 bits per heavy atom. The quantitative estimate of drug-likeness (QED) is 0.378. The number of nitrogens with zero attached hydrogens (tertiary/aromatic N) is 4. The van der Waals surface area contributed by atoms with Crippen LogP contribution in [-0.2, 0) is 14.9 Å². The Bertz CT molecular complexity index is 743. The van der Waals surface area contributed by atoms with Crippen molar-refractivity contribution in [2.45, 2.75) is 4.90 Å². The number of amides is 2. The maximum Gasteiger partial charge on any atom is 0.319 e. The van der Waals surface area contributed by atoms with E-state index in [0.717, 1.165) is 16.8 Å². The second-order valence-corrected chi connectivity index (χ2v) is 6.43. The minimum absolute atomic E-state index is 0.0472. The summed E-state index contributed by atoms with van der Waals surface area (Å²) in [6.07, 6.45) is 1.62. The van der Waals surface area contributed by atoms with Gasteiger partial charge in [-0.3, -0.25) is 10.2 Å². The number of aromatic nitrogens is 2. The second-order valence-electron chi connectivity index (χ2n) is 4.12. The van der Waals surface area contributed by atoms with E-state index in [9.17, 15) is 13.2 Å². The highest BCUT2D eigenvalue weighted by molar-refractivity contribution is 8.13. The zero-order valence-electron chi connectivity index (χ0n) is 14.1. The number of sulfonamides is 1. The molecule has 0 aliphatic heterocycles. The minimum Gasteiger partial charge on any atom is -0.480 e. The number of nitrogens with one attached hydrogen (secondary N) is 1. The summed E-state index contributed by atoms with van der Waals surface area (Å²) in [6, 6.07) is -0.941. The fourth-order valence-electron chi connectivity index (χ4n) is 1.52. The molecule has 0 fully saturated rings. The smallest absolute Gasteiger partial charge is 0.319 e. The van der Waals surface area contributed by atoms with Crippen LogP contribution in [0.2, 0.25) is 0 Å². The van der Waals surface area contributed by atoms with Crippen LogP contribution in [0.15, 0.2) is 9.29 Å². The molecule has 25 heavy (non-hydrogen) atoms. The highest BCUT2D eigenvalue weighted by Crippen LogP contribution is 2.33. The van der Waals surface area contributed by atoms with E-state index in [1.165, 1.54) is 28.4 Å². The average molecular weight is 394 g/mol. The van der Waals surface area contributed by atoms with Gasteiger partial charge in [-0.2, -0.15) is 18.4 Å². The first kappa shape index (κ1) is 20.7. The third kappa shape index (κ3) is 5.07. The molecule has 0 spiro atoms. The topological polar surface area (TPSA) is 158 Å². The maximum absolute atomic E-state index is 12.7. The minimum atomic E-state index is -4.33. The van der Waals surface area contributed by atoms with E-state index in [4.69, 9.17) is 20.0 Å². The van der Waals surface area contributed by atoms with Crippen LogP contribution < -0.4 is 20.5 Å². The number of primary amides is 1. The second kappa shape index (κ2) is 8.68. The molecule has 0 aliphatic carbocycles.